The van der Waals surface area contributed by atoms with Crippen molar-refractivity contribution >= 4 is 0 Å². The Labute approximate surface area is 195 Å². The third-order valence-electron chi connectivity index (χ3n) is 8.85. The van der Waals surface area contributed by atoms with Crippen LogP contribution in [0.5, 0.6) is 0 Å². The van der Waals surface area contributed by atoms with Gasteiger partial charge in [-0.2, -0.15) is 0 Å². The van der Waals surface area contributed by atoms with Crippen LogP contribution in [0.3, 0.4) is 0 Å². The van der Waals surface area contributed by atoms with Crippen molar-refractivity contribution < 1.29 is 0 Å². The molecule has 2 saturated heterocycles. The summed E-state index contributed by atoms with van der Waals surface area (Å²) in [5.41, 5.74) is 3.98. The van der Waals surface area contributed by atoms with E-state index in [0.29, 0.717) is 22.7 Å². The van der Waals surface area contributed by atoms with E-state index in [-0.39, 0.29) is 0 Å². The number of unbranched alkanes of at least 4 members (excludes halogenated alkanes) is 1. The molecule has 0 aromatic carbocycles. The van der Waals surface area contributed by atoms with Gasteiger partial charge in [0.2, 0.25) is 0 Å². The number of rotatable bonds is 9. The van der Waals surface area contributed by atoms with Crippen LogP contribution in [-0.2, 0) is 0 Å². The quantitative estimate of drug-likeness (QED) is 0.364. The van der Waals surface area contributed by atoms with Crippen molar-refractivity contribution in [2.45, 2.75) is 106 Å². The summed E-state index contributed by atoms with van der Waals surface area (Å²) in [5, 5.41) is 0. The average molecular weight is 431 g/mol. The van der Waals surface area contributed by atoms with Gasteiger partial charge in [0.25, 0.3) is 0 Å². The van der Waals surface area contributed by atoms with Gasteiger partial charge in [-0.3, -0.25) is 0 Å². The Morgan fingerprint density at radius 1 is 0.871 bits per heavy atom. The summed E-state index contributed by atoms with van der Waals surface area (Å²) in [7, 11) is 0. The predicted octanol–water partition coefficient (Wildman–Crippen LogP) is 8.12. The fourth-order valence-electron chi connectivity index (χ4n) is 6.10. The molecular weight excluding hydrogens is 376 g/mol. The van der Waals surface area contributed by atoms with Gasteiger partial charge < -0.3 is 9.80 Å². The minimum absolute atomic E-state index is 0.591. The first kappa shape index (κ1) is 26.3. The van der Waals surface area contributed by atoms with E-state index < -0.39 is 0 Å². The van der Waals surface area contributed by atoms with Crippen molar-refractivity contribution in [2.24, 2.45) is 28.6 Å². The lowest BCUT2D eigenvalue weighted by Crippen LogP contribution is -2.39. The van der Waals surface area contributed by atoms with Crippen LogP contribution in [-0.4, -0.2) is 36.0 Å². The van der Waals surface area contributed by atoms with Gasteiger partial charge in [-0.05, 0) is 67.1 Å². The van der Waals surface area contributed by atoms with Gasteiger partial charge in [0, 0.05) is 37.6 Å². The van der Waals surface area contributed by atoms with Gasteiger partial charge in [0.15, 0.2) is 0 Å². The Bertz CT molecular complexity index is 584. The molecule has 3 fully saturated rings. The molecule has 180 valence electrons. The maximum atomic E-state index is 4.24. The number of allylic oxidation sites excluding steroid dienone is 2. The Morgan fingerprint density at radius 2 is 1.42 bits per heavy atom. The Kier molecular flexibility index (Phi) is 9.58. The highest BCUT2D eigenvalue weighted by atomic mass is 15.2. The van der Waals surface area contributed by atoms with Gasteiger partial charge in [-0.15, -0.1) is 0 Å². The van der Waals surface area contributed by atoms with Crippen molar-refractivity contribution in [3.63, 3.8) is 0 Å². The summed E-state index contributed by atoms with van der Waals surface area (Å²) in [5.74, 6) is 2.23. The molecule has 2 heteroatoms. The highest BCUT2D eigenvalue weighted by Crippen LogP contribution is 2.53. The zero-order valence-electron chi connectivity index (χ0n) is 22.2. The third kappa shape index (κ3) is 6.55. The summed E-state index contributed by atoms with van der Waals surface area (Å²) in [4.78, 5) is 5.07. The van der Waals surface area contributed by atoms with E-state index in [0.717, 1.165) is 5.92 Å². The number of nitrogens with zero attached hydrogens (tertiary/aromatic N) is 2. The summed E-state index contributed by atoms with van der Waals surface area (Å²) < 4.78 is 0. The molecule has 31 heavy (non-hydrogen) atoms. The molecule has 2 heterocycles. The fourth-order valence-corrected chi connectivity index (χ4v) is 6.10. The second kappa shape index (κ2) is 11.3. The Balaban J connectivity index is 0.000000220. The molecule has 2 aliphatic heterocycles. The van der Waals surface area contributed by atoms with Crippen molar-refractivity contribution in [2.75, 3.05) is 26.2 Å². The topological polar surface area (TPSA) is 6.48 Å². The minimum Gasteiger partial charge on any atom is -0.375 e. The monoisotopic (exact) mass is 430 g/mol. The van der Waals surface area contributed by atoms with E-state index in [1.165, 1.54) is 95.4 Å². The molecule has 0 radical (unpaired) electrons. The molecule has 0 aromatic heterocycles. The number of hydrogen-bond acceptors (Lipinski definition) is 2. The zero-order valence-corrected chi connectivity index (χ0v) is 22.2. The number of hydrogen-bond donors (Lipinski definition) is 0. The lowest BCUT2D eigenvalue weighted by Gasteiger charge is -2.45. The van der Waals surface area contributed by atoms with Crippen molar-refractivity contribution in [3.8, 4) is 0 Å². The van der Waals surface area contributed by atoms with Gasteiger partial charge in [-0.1, -0.05) is 80.9 Å². The van der Waals surface area contributed by atoms with Crippen LogP contribution < -0.4 is 0 Å². The van der Waals surface area contributed by atoms with Crippen LogP contribution in [0.25, 0.3) is 0 Å². The molecule has 1 saturated carbocycles. The minimum atomic E-state index is 0.591. The smallest absolute Gasteiger partial charge is 0.0232 e. The summed E-state index contributed by atoms with van der Waals surface area (Å²) in [6.07, 6.45) is 12.6. The molecule has 1 spiro atoms. The second-order valence-electron chi connectivity index (χ2n) is 11.8. The maximum Gasteiger partial charge on any atom is 0.0232 e. The van der Waals surface area contributed by atoms with Crippen molar-refractivity contribution in [1.82, 2.24) is 9.80 Å². The fraction of sp³-hybridized carbons (Fsp3) is 0.862. The maximum absolute atomic E-state index is 4.24. The molecule has 3 rings (SSSR count). The summed E-state index contributed by atoms with van der Waals surface area (Å²) in [6.45, 7) is 29.5. The normalized spacial score (nSPS) is 30.0. The van der Waals surface area contributed by atoms with Crippen LogP contribution >= 0.6 is 0 Å². The van der Waals surface area contributed by atoms with Crippen LogP contribution in [0.1, 0.15) is 106 Å². The van der Waals surface area contributed by atoms with Gasteiger partial charge in [-0.25, -0.2) is 0 Å². The summed E-state index contributed by atoms with van der Waals surface area (Å²) >= 11 is 0. The van der Waals surface area contributed by atoms with E-state index in [2.05, 4.69) is 71.4 Å². The molecule has 1 atom stereocenters. The van der Waals surface area contributed by atoms with Gasteiger partial charge >= 0.3 is 0 Å². The lowest BCUT2D eigenvalue weighted by molar-refractivity contribution is 0.0637. The lowest BCUT2D eigenvalue weighted by atomic mass is 9.61. The van der Waals surface area contributed by atoms with Crippen LogP contribution in [0.15, 0.2) is 24.6 Å². The molecule has 2 nitrogen and oxygen atoms in total. The van der Waals surface area contributed by atoms with Crippen LogP contribution in [0.2, 0.25) is 0 Å². The zero-order chi connectivity index (χ0) is 23.2. The largest absolute Gasteiger partial charge is 0.375 e. The van der Waals surface area contributed by atoms with Crippen molar-refractivity contribution in [1.29, 1.82) is 0 Å². The molecule has 0 amide bonds. The van der Waals surface area contributed by atoms with E-state index in [9.17, 15) is 0 Å². The third-order valence-corrected chi connectivity index (χ3v) is 8.85. The van der Waals surface area contributed by atoms with E-state index >= 15 is 0 Å². The Hall–Kier alpha value is -0.920. The van der Waals surface area contributed by atoms with Gasteiger partial charge in [0.05, 0.1) is 0 Å². The molecule has 0 bridgehead atoms. The van der Waals surface area contributed by atoms with Crippen molar-refractivity contribution in [3.05, 3.63) is 24.6 Å². The molecule has 0 aromatic rings. The Morgan fingerprint density at radius 3 is 1.90 bits per heavy atom. The summed E-state index contributed by atoms with van der Waals surface area (Å²) in [6, 6.07) is 0. The first-order valence-corrected chi connectivity index (χ1v) is 13.5. The number of likely N-dealkylation sites (tertiary alicyclic amines) is 2. The van der Waals surface area contributed by atoms with Crippen LogP contribution in [0, 0.1) is 28.6 Å². The van der Waals surface area contributed by atoms with Crippen LogP contribution in [0.4, 0.5) is 0 Å². The van der Waals surface area contributed by atoms with E-state index in [1.807, 2.05) is 0 Å². The first-order valence-electron chi connectivity index (χ1n) is 13.5. The standard InChI is InChI=1S/C15H29N.C14H25N/c1-6-8-9-15(7-2)10-11-16(12-15)14(5)13(3)4;1-5-13-8-14(9-13)6-7-15(10-14)12(4)11(2)3/h13H,5-12H2,1-4H3;11,13H,4-10H2,1-3H3. The van der Waals surface area contributed by atoms with Gasteiger partial charge in [0.1, 0.15) is 0 Å². The second-order valence-corrected chi connectivity index (χ2v) is 11.8. The molecule has 1 aliphatic carbocycles. The highest BCUT2D eigenvalue weighted by molar-refractivity contribution is 5.07. The molecule has 3 aliphatic rings. The molecular formula is C29H54N2. The highest BCUT2D eigenvalue weighted by Gasteiger charge is 2.47. The first-order chi connectivity index (χ1) is 14.6. The molecule has 1 unspecified atom stereocenters. The SMILES string of the molecule is C=C(C(C)C)N1CCC(CC)(CCCC)C1.C=C(C(C)C)N1CCC2(CC(CC)C2)C1. The predicted molar refractivity (Wildman–Crippen MR) is 138 cm³/mol. The van der Waals surface area contributed by atoms with E-state index in [4.69, 9.17) is 0 Å². The van der Waals surface area contributed by atoms with E-state index in [1.54, 1.807) is 0 Å². The molecule has 0 N–H and O–H groups in total. The average Bonchev–Trinajstić information content (AvgIpc) is 3.36.